The fraction of sp³-hybridized carbons (Fsp3) is 0.875. The van der Waals surface area contributed by atoms with Crippen LogP contribution in [0, 0.1) is 0 Å². The molecule has 15 atom stereocenters. The number of hydrogen-bond donors (Lipinski definition) is 11. The van der Waals surface area contributed by atoms with Crippen LogP contribution in [-0.4, -0.2) is 170 Å². The third-order valence-electron chi connectivity index (χ3n) is 7.28. The normalized spacial score (nSPS) is 43.5. The highest BCUT2D eigenvalue weighted by Crippen LogP contribution is 2.30. The van der Waals surface area contributed by atoms with E-state index in [1.807, 2.05) is 0 Å². The Kier molecular flexibility index (Phi) is 12.5. The van der Waals surface area contributed by atoms with Crippen LogP contribution in [0.1, 0.15) is 20.8 Å². The summed E-state index contributed by atoms with van der Waals surface area (Å²) in [4.78, 5) is 35.4. The number of ether oxygens (including phenoxy) is 5. The fourth-order valence-electron chi connectivity index (χ4n) is 5.17. The van der Waals surface area contributed by atoms with E-state index in [1.165, 1.54) is 0 Å². The number of aliphatic hydroxyl groups is 8. The van der Waals surface area contributed by atoms with Crippen LogP contribution in [0.3, 0.4) is 0 Å². The van der Waals surface area contributed by atoms with E-state index in [4.69, 9.17) is 23.7 Å². The molecule has 0 spiro atoms. The molecule has 3 saturated heterocycles. The minimum Gasteiger partial charge on any atom is -0.394 e. The van der Waals surface area contributed by atoms with Gasteiger partial charge in [-0.15, -0.1) is 0 Å². The van der Waals surface area contributed by atoms with Crippen LogP contribution < -0.4 is 16.0 Å². The number of rotatable bonds is 10. The molecule has 0 aromatic heterocycles. The van der Waals surface area contributed by atoms with E-state index in [2.05, 4.69) is 16.0 Å². The maximum Gasteiger partial charge on any atom is 0.217 e. The Morgan fingerprint density at radius 3 is 1.51 bits per heavy atom. The summed E-state index contributed by atoms with van der Waals surface area (Å²) in [6, 6.07) is -4.19. The van der Waals surface area contributed by atoms with Crippen molar-refractivity contribution in [3.8, 4) is 0 Å². The highest BCUT2D eigenvalue weighted by Gasteiger charge is 2.52. The number of aliphatic hydroxyl groups excluding tert-OH is 8. The monoisotopic (exact) mass is 627 g/mol. The van der Waals surface area contributed by atoms with Crippen molar-refractivity contribution in [2.75, 3.05) is 19.8 Å². The first kappa shape index (κ1) is 35.4. The van der Waals surface area contributed by atoms with Gasteiger partial charge in [-0.05, 0) is 0 Å². The van der Waals surface area contributed by atoms with Crippen LogP contribution in [0.5, 0.6) is 0 Å². The quantitative estimate of drug-likeness (QED) is 0.107. The predicted molar refractivity (Wildman–Crippen MR) is 136 cm³/mol. The second kappa shape index (κ2) is 15.3. The van der Waals surface area contributed by atoms with Gasteiger partial charge in [-0.25, -0.2) is 0 Å². The molecule has 19 heteroatoms. The second-order valence-corrected chi connectivity index (χ2v) is 10.6. The Labute approximate surface area is 245 Å². The van der Waals surface area contributed by atoms with Gasteiger partial charge in [0.1, 0.15) is 73.1 Å². The Balaban J connectivity index is 1.84. The molecule has 3 rings (SSSR count). The van der Waals surface area contributed by atoms with Crippen LogP contribution in [0.4, 0.5) is 0 Å². The number of nitrogens with one attached hydrogen (secondary N) is 3. The van der Waals surface area contributed by atoms with E-state index in [-0.39, 0.29) is 0 Å². The molecule has 0 radical (unpaired) electrons. The first-order valence-electron chi connectivity index (χ1n) is 13.5. The topological polar surface area (TPSA) is 295 Å². The van der Waals surface area contributed by atoms with Gasteiger partial charge in [0, 0.05) is 20.8 Å². The molecule has 3 aliphatic rings. The molecule has 3 aliphatic heterocycles. The summed E-state index contributed by atoms with van der Waals surface area (Å²) in [5.74, 6) is -1.92. The lowest BCUT2D eigenvalue weighted by Crippen LogP contribution is -2.69. The standard InChI is InChI=1S/C24H41N3O16/c1-7(30)25-13-19(36)16(33)10(4-28)41-23(13)39-6-12-18(35)21(15(22(38)40-12)27-9(3)32)43-24-14(26-8(2)31)20(37)17(34)11(5-29)42-24/h10-24,28-29,33-38H,4-6H2,1-3H3,(H,25,30)(H,26,31)(H,27,32)/t10-,11-,12-,13-,14-,15-,16-,17-,18+,19-,20-,21-,22-,23-,24+/m1/s1. The molecule has 0 aromatic carbocycles. The molecule has 3 amide bonds. The van der Waals surface area contributed by atoms with Crippen molar-refractivity contribution in [1.82, 2.24) is 16.0 Å². The van der Waals surface area contributed by atoms with Crippen LogP contribution in [0.2, 0.25) is 0 Å². The maximum atomic E-state index is 11.9. The first-order chi connectivity index (χ1) is 20.2. The van der Waals surface area contributed by atoms with Gasteiger partial charge < -0.3 is 80.5 Å². The molecule has 0 aliphatic carbocycles. The van der Waals surface area contributed by atoms with E-state index < -0.39 is 129 Å². The maximum absolute atomic E-state index is 11.9. The van der Waals surface area contributed by atoms with Crippen molar-refractivity contribution in [2.45, 2.75) is 113 Å². The van der Waals surface area contributed by atoms with Gasteiger partial charge in [0.15, 0.2) is 18.9 Å². The van der Waals surface area contributed by atoms with Crippen molar-refractivity contribution < 1.29 is 78.9 Å². The zero-order valence-corrected chi connectivity index (χ0v) is 23.6. The molecule has 19 nitrogen and oxygen atoms in total. The van der Waals surface area contributed by atoms with Crippen molar-refractivity contribution in [3.05, 3.63) is 0 Å². The van der Waals surface area contributed by atoms with Crippen molar-refractivity contribution in [2.24, 2.45) is 0 Å². The van der Waals surface area contributed by atoms with Crippen LogP contribution in [0.25, 0.3) is 0 Å². The van der Waals surface area contributed by atoms with Gasteiger partial charge in [0.25, 0.3) is 0 Å². The molecule has 0 bridgehead atoms. The van der Waals surface area contributed by atoms with Gasteiger partial charge in [-0.3, -0.25) is 14.4 Å². The highest BCUT2D eigenvalue weighted by molar-refractivity contribution is 5.74. The number of hydrogen-bond acceptors (Lipinski definition) is 16. The summed E-state index contributed by atoms with van der Waals surface area (Å²) < 4.78 is 28.0. The van der Waals surface area contributed by atoms with Crippen LogP contribution in [0.15, 0.2) is 0 Å². The molecule has 3 heterocycles. The largest absolute Gasteiger partial charge is 0.394 e. The summed E-state index contributed by atoms with van der Waals surface area (Å²) in [6.07, 6.45) is -18.9. The van der Waals surface area contributed by atoms with Crippen molar-refractivity contribution >= 4 is 17.7 Å². The Bertz CT molecular complexity index is 962. The fourth-order valence-corrected chi connectivity index (χ4v) is 5.17. The smallest absolute Gasteiger partial charge is 0.217 e. The van der Waals surface area contributed by atoms with Gasteiger partial charge in [-0.2, -0.15) is 0 Å². The number of amides is 3. The summed E-state index contributed by atoms with van der Waals surface area (Å²) in [5, 5.41) is 89.8. The molecule has 43 heavy (non-hydrogen) atoms. The average Bonchev–Trinajstić information content (AvgIpc) is 2.93. The second-order valence-electron chi connectivity index (χ2n) is 10.6. The molecule has 0 aromatic rings. The van der Waals surface area contributed by atoms with Crippen molar-refractivity contribution in [1.29, 1.82) is 0 Å². The third-order valence-corrected chi connectivity index (χ3v) is 7.28. The lowest BCUT2D eigenvalue weighted by Gasteiger charge is -2.48. The Morgan fingerprint density at radius 1 is 0.605 bits per heavy atom. The van der Waals surface area contributed by atoms with E-state index in [1.54, 1.807) is 0 Å². The van der Waals surface area contributed by atoms with E-state index in [0.717, 1.165) is 20.8 Å². The SMILES string of the molecule is CC(=O)N[C@@H]1[C@@H](O[C@@H]2O[C@H](CO)[C@@H](O)[C@H](O)[C@H]2NC(C)=O)[C@@H](O)[C@@H](CO[C@@H]2O[C@H](CO)[C@@H](O)[C@H](O)[C@H]2NC(C)=O)O[C@H]1O. The van der Waals surface area contributed by atoms with E-state index >= 15 is 0 Å². The van der Waals surface area contributed by atoms with E-state index in [9.17, 15) is 55.2 Å². The summed E-state index contributed by atoms with van der Waals surface area (Å²) in [6.45, 7) is 1.29. The Morgan fingerprint density at radius 2 is 1.05 bits per heavy atom. The zero-order chi connectivity index (χ0) is 32.2. The predicted octanol–water partition coefficient (Wildman–Crippen LogP) is -7.14. The lowest BCUT2D eigenvalue weighted by molar-refractivity contribution is -0.331. The Hall–Kier alpha value is -2.11. The molecular weight excluding hydrogens is 586 g/mol. The first-order valence-corrected chi connectivity index (χ1v) is 13.5. The molecule has 248 valence electrons. The average molecular weight is 628 g/mol. The van der Waals surface area contributed by atoms with E-state index in [0.29, 0.717) is 0 Å². The van der Waals surface area contributed by atoms with Crippen molar-refractivity contribution in [3.63, 3.8) is 0 Å². The van der Waals surface area contributed by atoms with Gasteiger partial charge >= 0.3 is 0 Å². The summed E-state index contributed by atoms with van der Waals surface area (Å²) >= 11 is 0. The minimum absolute atomic E-state index is 0.603. The lowest BCUT2D eigenvalue weighted by atomic mass is 9.94. The minimum atomic E-state index is -1.84. The van der Waals surface area contributed by atoms with Gasteiger partial charge in [-0.1, -0.05) is 0 Å². The molecule has 0 saturated carbocycles. The summed E-state index contributed by atoms with van der Waals surface area (Å²) in [5.41, 5.74) is 0. The van der Waals surface area contributed by atoms with Gasteiger partial charge in [0.05, 0.1) is 19.8 Å². The highest BCUT2D eigenvalue weighted by atomic mass is 16.7. The molecule has 0 unspecified atom stereocenters. The van der Waals surface area contributed by atoms with Gasteiger partial charge in [0.2, 0.25) is 17.7 Å². The molecular formula is C24H41N3O16. The summed E-state index contributed by atoms with van der Waals surface area (Å²) in [7, 11) is 0. The van der Waals surface area contributed by atoms with Crippen LogP contribution in [-0.2, 0) is 38.1 Å². The van der Waals surface area contributed by atoms with Crippen LogP contribution >= 0.6 is 0 Å². The zero-order valence-electron chi connectivity index (χ0n) is 23.6. The number of carbonyl (C=O) groups is 3. The molecule has 3 fully saturated rings. The molecule has 11 N–H and O–H groups in total. The number of carbonyl (C=O) groups excluding carboxylic acids is 3. The third kappa shape index (κ3) is 8.34.